The minimum absolute atomic E-state index is 0.420. The molecule has 14 heavy (non-hydrogen) atoms. The summed E-state index contributed by atoms with van der Waals surface area (Å²) in [4.78, 5) is 6.21. The first-order chi connectivity index (χ1) is 6.85. The highest BCUT2D eigenvalue weighted by Crippen LogP contribution is 2.20. The highest BCUT2D eigenvalue weighted by Gasteiger charge is 2.09. The fraction of sp³-hybridized carbons (Fsp3) is 0.300. The Balaban J connectivity index is 2.43. The maximum absolute atomic E-state index is 5.56. The van der Waals surface area contributed by atoms with Gasteiger partial charge in [0.15, 0.2) is 5.58 Å². The van der Waals surface area contributed by atoms with Gasteiger partial charge in [-0.1, -0.05) is 12.1 Å². The topological polar surface area (TPSA) is 55.3 Å². The van der Waals surface area contributed by atoms with Gasteiger partial charge in [-0.2, -0.15) is 4.98 Å². The van der Waals surface area contributed by atoms with Gasteiger partial charge in [0, 0.05) is 6.54 Å². The Morgan fingerprint density at radius 3 is 2.86 bits per heavy atom. The summed E-state index contributed by atoms with van der Waals surface area (Å²) in [6.45, 7) is 3.23. The molecule has 0 fully saturated rings. The highest BCUT2D eigenvalue weighted by atomic mass is 16.4. The third-order valence-corrected chi connectivity index (χ3v) is 2.16. The van der Waals surface area contributed by atoms with Gasteiger partial charge in [-0.15, -0.1) is 0 Å². The second-order valence-electron chi connectivity index (χ2n) is 3.00. The normalized spacial score (nSPS) is 10.7. The molecule has 0 aliphatic rings. The van der Waals surface area contributed by atoms with Crippen molar-refractivity contribution in [1.29, 1.82) is 0 Å². The molecule has 0 saturated heterocycles. The molecule has 0 unspecified atom stereocenters. The summed E-state index contributed by atoms with van der Waals surface area (Å²) >= 11 is 0. The first kappa shape index (κ1) is 9.02. The smallest absolute Gasteiger partial charge is 0.299 e. The van der Waals surface area contributed by atoms with Crippen LogP contribution in [-0.4, -0.2) is 18.2 Å². The molecule has 0 aliphatic heterocycles. The Labute approximate surface area is 82.3 Å². The van der Waals surface area contributed by atoms with Crippen molar-refractivity contribution < 1.29 is 4.42 Å². The van der Waals surface area contributed by atoms with Crippen LogP contribution in [0.15, 0.2) is 28.7 Å². The zero-order valence-electron chi connectivity index (χ0n) is 8.10. The van der Waals surface area contributed by atoms with Crippen molar-refractivity contribution in [2.75, 3.05) is 18.1 Å². The van der Waals surface area contributed by atoms with E-state index in [-0.39, 0.29) is 0 Å². The van der Waals surface area contributed by atoms with E-state index in [9.17, 15) is 0 Å². The van der Waals surface area contributed by atoms with Gasteiger partial charge in [0.05, 0.1) is 6.67 Å². The van der Waals surface area contributed by atoms with Crippen LogP contribution in [0.25, 0.3) is 11.1 Å². The Kier molecular flexibility index (Phi) is 2.37. The van der Waals surface area contributed by atoms with Crippen molar-refractivity contribution in [3.8, 4) is 0 Å². The van der Waals surface area contributed by atoms with Gasteiger partial charge in [-0.05, 0) is 19.1 Å². The van der Waals surface area contributed by atoms with Gasteiger partial charge in [-0.25, -0.2) is 0 Å². The lowest BCUT2D eigenvalue weighted by molar-refractivity contribution is 0.573. The first-order valence-electron chi connectivity index (χ1n) is 4.65. The maximum atomic E-state index is 5.56. The van der Waals surface area contributed by atoms with Crippen LogP contribution < -0.4 is 10.6 Å². The van der Waals surface area contributed by atoms with Crippen molar-refractivity contribution >= 4 is 17.1 Å². The van der Waals surface area contributed by atoms with E-state index in [2.05, 4.69) is 4.98 Å². The zero-order chi connectivity index (χ0) is 9.97. The minimum Gasteiger partial charge on any atom is -0.423 e. The summed E-state index contributed by atoms with van der Waals surface area (Å²) in [6.07, 6.45) is 0. The summed E-state index contributed by atoms with van der Waals surface area (Å²) < 4.78 is 5.55. The lowest BCUT2D eigenvalue weighted by Gasteiger charge is -2.14. The molecule has 4 heteroatoms. The van der Waals surface area contributed by atoms with E-state index in [1.54, 1.807) is 0 Å². The number of oxazole rings is 1. The lowest BCUT2D eigenvalue weighted by Crippen LogP contribution is -2.29. The van der Waals surface area contributed by atoms with Crippen LogP contribution in [0.1, 0.15) is 6.92 Å². The largest absolute Gasteiger partial charge is 0.423 e. The molecule has 2 N–H and O–H groups in total. The summed E-state index contributed by atoms with van der Waals surface area (Å²) in [7, 11) is 0. The molecule has 0 spiro atoms. The predicted octanol–water partition coefficient (Wildman–Crippen LogP) is 1.57. The molecule has 1 heterocycles. The molecule has 0 amide bonds. The fourth-order valence-corrected chi connectivity index (χ4v) is 1.34. The summed E-state index contributed by atoms with van der Waals surface area (Å²) in [5, 5.41) is 0. The molecular weight excluding hydrogens is 178 g/mol. The zero-order valence-corrected chi connectivity index (χ0v) is 8.10. The van der Waals surface area contributed by atoms with Crippen LogP contribution in [0, 0.1) is 0 Å². The van der Waals surface area contributed by atoms with Gasteiger partial charge >= 0.3 is 0 Å². The summed E-state index contributed by atoms with van der Waals surface area (Å²) in [6, 6.07) is 8.28. The average molecular weight is 191 g/mol. The standard InChI is InChI=1S/C10H13N3O/c1-2-13(7-11)10-12-8-5-3-4-6-9(8)14-10/h3-6H,2,7,11H2,1H3. The van der Waals surface area contributed by atoms with Crippen molar-refractivity contribution in [3.63, 3.8) is 0 Å². The molecule has 74 valence electrons. The second-order valence-corrected chi connectivity index (χ2v) is 3.00. The van der Waals surface area contributed by atoms with E-state index in [0.29, 0.717) is 12.7 Å². The van der Waals surface area contributed by atoms with Crippen LogP contribution in [0.2, 0.25) is 0 Å². The third-order valence-electron chi connectivity index (χ3n) is 2.16. The van der Waals surface area contributed by atoms with Gasteiger partial charge in [0.1, 0.15) is 5.52 Å². The van der Waals surface area contributed by atoms with Crippen LogP contribution in [-0.2, 0) is 0 Å². The van der Waals surface area contributed by atoms with Crippen molar-refractivity contribution in [2.45, 2.75) is 6.92 Å². The molecule has 1 aromatic heterocycles. The van der Waals surface area contributed by atoms with Crippen LogP contribution in [0.4, 0.5) is 6.01 Å². The first-order valence-corrected chi connectivity index (χ1v) is 4.65. The van der Waals surface area contributed by atoms with Gasteiger partial charge < -0.3 is 15.1 Å². The van der Waals surface area contributed by atoms with Crippen molar-refractivity contribution in [3.05, 3.63) is 24.3 Å². The number of aromatic nitrogens is 1. The molecule has 0 bridgehead atoms. The number of nitrogens with zero attached hydrogens (tertiary/aromatic N) is 2. The molecule has 1 aromatic carbocycles. The number of nitrogens with two attached hydrogens (primary N) is 1. The Morgan fingerprint density at radius 2 is 2.21 bits per heavy atom. The number of rotatable bonds is 3. The molecule has 2 rings (SSSR count). The Bertz CT molecular complexity index is 387. The van der Waals surface area contributed by atoms with Gasteiger partial charge in [-0.3, -0.25) is 0 Å². The van der Waals surface area contributed by atoms with Crippen LogP contribution >= 0.6 is 0 Å². The molecule has 0 radical (unpaired) electrons. The van der Waals surface area contributed by atoms with E-state index in [4.69, 9.17) is 10.2 Å². The second kappa shape index (κ2) is 3.67. The lowest BCUT2D eigenvalue weighted by atomic mass is 10.3. The number of hydrogen-bond donors (Lipinski definition) is 1. The van der Waals surface area contributed by atoms with Crippen molar-refractivity contribution in [1.82, 2.24) is 4.98 Å². The third kappa shape index (κ3) is 1.44. The number of hydrogen-bond acceptors (Lipinski definition) is 4. The van der Waals surface area contributed by atoms with Gasteiger partial charge in [0.25, 0.3) is 6.01 Å². The van der Waals surface area contributed by atoms with Crippen LogP contribution in [0.5, 0.6) is 0 Å². The molecule has 4 nitrogen and oxygen atoms in total. The molecule has 0 aliphatic carbocycles. The molecular formula is C10H13N3O. The number of fused-ring (bicyclic) bond motifs is 1. The highest BCUT2D eigenvalue weighted by molar-refractivity contribution is 5.74. The number of para-hydroxylation sites is 2. The fourth-order valence-electron chi connectivity index (χ4n) is 1.34. The van der Waals surface area contributed by atoms with E-state index in [1.165, 1.54) is 0 Å². The van der Waals surface area contributed by atoms with E-state index < -0.39 is 0 Å². The van der Waals surface area contributed by atoms with Gasteiger partial charge in [0.2, 0.25) is 0 Å². The Hall–Kier alpha value is -1.55. The summed E-state index contributed by atoms with van der Waals surface area (Å²) in [5.41, 5.74) is 7.23. The van der Waals surface area contributed by atoms with Crippen molar-refractivity contribution in [2.24, 2.45) is 5.73 Å². The maximum Gasteiger partial charge on any atom is 0.299 e. The van der Waals surface area contributed by atoms with E-state index in [1.807, 2.05) is 36.1 Å². The molecule has 0 atom stereocenters. The van der Waals surface area contributed by atoms with Crippen LogP contribution in [0.3, 0.4) is 0 Å². The summed E-state index contributed by atoms with van der Waals surface area (Å²) in [5.74, 6) is 0. The van der Waals surface area contributed by atoms with E-state index in [0.717, 1.165) is 17.6 Å². The molecule has 0 saturated carbocycles. The van der Waals surface area contributed by atoms with E-state index >= 15 is 0 Å². The average Bonchev–Trinajstić information content (AvgIpc) is 2.63. The number of anilines is 1. The quantitative estimate of drug-likeness (QED) is 0.748. The molecule has 2 aromatic rings. The SMILES string of the molecule is CCN(CN)c1nc2ccccc2o1. The monoisotopic (exact) mass is 191 g/mol. The predicted molar refractivity (Wildman–Crippen MR) is 56.1 cm³/mol. The Morgan fingerprint density at radius 1 is 1.43 bits per heavy atom. The minimum atomic E-state index is 0.420. The number of benzene rings is 1.